The Balaban J connectivity index is 1.88. The molecule has 1 aliphatic rings. The van der Waals surface area contributed by atoms with Gasteiger partial charge in [-0.25, -0.2) is 0 Å². The van der Waals surface area contributed by atoms with Gasteiger partial charge in [0.05, 0.1) is 0 Å². The van der Waals surface area contributed by atoms with E-state index in [1.54, 1.807) is 0 Å². The third kappa shape index (κ3) is 4.35. The number of carbonyl (C=O) groups excluding carboxylic acids is 1. The van der Waals surface area contributed by atoms with Crippen LogP contribution in [-0.4, -0.2) is 29.9 Å². The predicted octanol–water partition coefficient (Wildman–Crippen LogP) is 2.21. The maximum atomic E-state index is 12.1. The summed E-state index contributed by atoms with van der Waals surface area (Å²) in [5.41, 5.74) is 7.08. The molecule has 1 aromatic carbocycles. The van der Waals surface area contributed by atoms with Crippen LogP contribution in [0.15, 0.2) is 30.3 Å². The maximum absolute atomic E-state index is 12.1. The molecule has 2 N–H and O–H groups in total. The summed E-state index contributed by atoms with van der Waals surface area (Å²) in [6.07, 6.45) is 3.87. The van der Waals surface area contributed by atoms with Crippen molar-refractivity contribution >= 4 is 5.91 Å². The molecule has 1 fully saturated rings. The molecule has 0 aromatic heterocycles. The number of nitrogens with zero attached hydrogens (tertiary/aromatic N) is 1. The van der Waals surface area contributed by atoms with Crippen LogP contribution in [0.2, 0.25) is 0 Å². The number of nitrogens with two attached hydrogens (primary N) is 1. The topological polar surface area (TPSA) is 46.3 Å². The first-order valence-electron chi connectivity index (χ1n) is 7.22. The van der Waals surface area contributed by atoms with E-state index in [0.717, 1.165) is 25.9 Å². The van der Waals surface area contributed by atoms with Gasteiger partial charge in [0.1, 0.15) is 0 Å². The van der Waals surface area contributed by atoms with Gasteiger partial charge < -0.3 is 10.6 Å². The highest BCUT2D eigenvalue weighted by Crippen LogP contribution is 2.21. The number of benzene rings is 1. The minimum atomic E-state index is -0.0398. The summed E-state index contributed by atoms with van der Waals surface area (Å²) in [6, 6.07) is 10.5. The zero-order valence-electron chi connectivity index (χ0n) is 11.7. The predicted molar refractivity (Wildman–Crippen MR) is 77.7 cm³/mol. The van der Waals surface area contributed by atoms with Crippen molar-refractivity contribution < 1.29 is 4.79 Å². The van der Waals surface area contributed by atoms with Crippen LogP contribution in [0.3, 0.4) is 0 Å². The molecule has 3 nitrogen and oxygen atoms in total. The van der Waals surface area contributed by atoms with Gasteiger partial charge >= 0.3 is 0 Å². The fraction of sp³-hybridized carbons (Fsp3) is 0.562. The summed E-state index contributed by atoms with van der Waals surface area (Å²) in [5.74, 6) is 0.806. The second-order valence-electron chi connectivity index (χ2n) is 5.72. The van der Waals surface area contributed by atoms with Gasteiger partial charge in [-0.15, -0.1) is 0 Å². The monoisotopic (exact) mass is 260 g/mol. The van der Waals surface area contributed by atoms with Crippen molar-refractivity contribution in [2.75, 3.05) is 13.1 Å². The molecule has 0 aliphatic carbocycles. The van der Waals surface area contributed by atoms with Crippen molar-refractivity contribution in [3.63, 3.8) is 0 Å². The normalized spacial score (nSPS) is 21.2. The average Bonchev–Trinajstić information content (AvgIpc) is 2.39. The van der Waals surface area contributed by atoms with Crippen LogP contribution in [0.4, 0.5) is 0 Å². The molecule has 0 radical (unpaired) electrons. The second kappa shape index (κ2) is 6.71. The Labute approximate surface area is 115 Å². The summed E-state index contributed by atoms with van der Waals surface area (Å²) in [5, 5.41) is 0. The summed E-state index contributed by atoms with van der Waals surface area (Å²) in [6.45, 7) is 3.68. The second-order valence-corrected chi connectivity index (χ2v) is 5.72. The van der Waals surface area contributed by atoms with E-state index in [1.165, 1.54) is 12.0 Å². The Morgan fingerprint density at radius 2 is 2.16 bits per heavy atom. The minimum Gasteiger partial charge on any atom is -0.342 e. The lowest BCUT2D eigenvalue weighted by Crippen LogP contribution is -2.42. The molecule has 0 saturated carbocycles. The van der Waals surface area contributed by atoms with Crippen LogP contribution in [0, 0.1) is 5.92 Å². The van der Waals surface area contributed by atoms with Crippen LogP contribution >= 0.6 is 0 Å². The molecule has 1 aliphatic heterocycles. The molecule has 2 rings (SSSR count). The summed E-state index contributed by atoms with van der Waals surface area (Å²) in [7, 11) is 0. The van der Waals surface area contributed by atoms with Gasteiger partial charge in [-0.2, -0.15) is 0 Å². The van der Waals surface area contributed by atoms with E-state index in [4.69, 9.17) is 5.73 Å². The van der Waals surface area contributed by atoms with Gasteiger partial charge in [-0.1, -0.05) is 30.3 Å². The smallest absolute Gasteiger partial charge is 0.224 e. The Morgan fingerprint density at radius 3 is 2.84 bits per heavy atom. The van der Waals surface area contributed by atoms with E-state index in [0.29, 0.717) is 12.3 Å². The van der Waals surface area contributed by atoms with E-state index in [2.05, 4.69) is 24.3 Å². The number of amides is 1. The van der Waals surface area contributed by atoms with E-state index in [-0.39, 0.29) is 11.9 Å². The highest BCUT2D eigenvalue weighted by atomic mass is 16.2. The number of piperidine rings is 1. The van der Waals surface area contributed by atoms with Crippen molar-refractivity contribution in [3.8, 4) is 0 Å². The first kappa shape index (κ1) is 14.1. The number of likely N-dealkylation sites (tertiary alicyclic amines) is 1. The zero-order chi connectivity index (χ0) is 13.7. The molecule has 104 valence electrons. The highest BCUT2D eigenvalue weighted by molar-refractivity contribution is 5.76. The molecule has 2 atom stereocenters. The fourth-order valence-corrected chi connectivity index (χ4v) is 2.81. The van der Waals surface area contributed by atoms with E-state index >= 15 is 0 Å². The lowest BCUT2D eigenvalue weighted by atomic mass is 9.91. The molecule has 19 heavy (non-hydrogen) atoms. The molecule has 3 heteroatoms. The van der Waals surface area contributed by atoms with Crippen molar-refractivity contribution in [1.29, 1.82) is 0 Å². The van der Waals surface area contributed by atoms with Crippen molar-refractivity contribution in [2.24, 2.45) is 11.7 Å². The van der Waals surface area contributed by atoms with Gasteiger partial charge in [-0.3, -0.25) is 4.79 Å². The average molecular weight is 260 g/mol. The third-order valence-electron chi connectivity index (χ3n) is 3.74. The van der Waals surface area contributed by atoms with Crippen molar-refractivity contribution in [2.45, 2.75) is 38.6 Å². The third-order valence-corrected chi connectivity index (χ3v) is 3.74. The van der Waals surface area contributed by atoms with Gasteiger partial charge in [0.15, 0.2) is 0 Å². The zero-order valence-corrected chi connectivity index (χ0v) is 11.7. The number of carbonyl (C=O) groups is 1. The molecule has 0 bridgehead atoms. The van der Waals surface area contributed by atoms with Crippen molar-refractivity contribution in [1.82, 2.24) is 4.90 Å². The summed E-state index contributed by atoms with van der Waals surface area (Å²) < 4.78 is 0. The van der Waals surface area contributed by atoms with Crippen LogP contribution < -0.4 is 5.73 Å². The lowest BCUT2D eigenvalue weighted by Gasteiger charge is -2.33. The van der Waals surface area contributed by atoms with Crippen LogP contribution in [0.5, 0.6) is 0 Å². The first-order chi connectivity index (χ1) is 9.15. The van der Waals surface area contributed by atoms with Crippen LogP contribution in [0.1, 0.15) is 31.7 Å². The minimum absolute atomic E-state index is 0.0398. The van der Waals surface area contributed by atoms with Gasteiger partial charge in [-0.05, 0) is 37.7 Å². The Kier molecular flexibility index (Phi) is 4.97. The molecule has 1 aromatic rings. The standard InChI is InChI=1S/C16H24N2O/c1-13(17)10-16(19)18-9-5-8-15(12-18)11-14-6-3-2-4-7-14/h2-4,6-7,13,15H,5,8-12,17H2,1H3. The molecule has 0 spiro atoms. The fourth-order valence-electron chi connectivity index (χ4n) is 2.81. The van der Waals surface area contributed by atoms with E-state index in [9.17, 15) is 4.79 Å². The number of hydrogen-bond acceptors (Lipinski definition) is 2. The Bertz CT molecular complexity index is 402. The molecular weight excluding hydrogens is 236 g/mol. The number of hydrogen-bond donors (Lipinski definition) is 1. The molecule has 1 saturated heterocycles. The van der Waals surface area contributed by atoms with Gasteiger partial charge in [0.2, 0.25) is 5.91 Å². The maximum Gasteiger partial charge on any atom is 0.224 e. The summed E-state index contributed by atoms with van der Waals surface area (Å²) in [4.78, 5) is 14.1. The Morgan fingerprint density at radius 1 is 1.42 bits per heavy atom. The first-order valence-corrected chi connectivity index (χ1v) is 7.22. The molecule has 2 unspecified atom stereocenters. The Hall–Kier alpha value is -1.35. The molecule has 1 heterocycles. The largest absolute Gasteiger partial charge is 0.342 e. The highest BCUT2D eigenvalue weighted by Gasteiger charge is 2.23. The van der Waals surface area contributed by atoms with Crippen LogP contribution in [0.25, 0.3) is 0 Å². The van der Waals surface area contributed by atoms with E-state index < -0.39 is 0 Å². The SMILES string of the molecule is CC(N)CC(=O)N1CCCC(Cc2ccccc2)C1. The van der Waals surface area contributed by atoms with Crippen molar-refractivity contribution in [3.05, 3.63) is 35.9 Å². The van der Waals surface area contributed by atoms with Gasteiger partial charge in [0.25, 0.3) is 0 Å². The molecule has 1 amide bonds. The molecular formula is C16H24N2O. The summed E-state index contributed by atoms with van der Waals surface area (Å²) >= 11 is 0. The number of rotatable bonds is 4. The quantitative estimate of drug-likeness (QED) is 0.902. The lowest BCUT2D eigenvalue weighted by molar-refractivity contribution is -0.133. The van der Waals surface area contributed by atoms with Crippen LogP contribution in [-0.2, 0) is 11.2 Å². The van der Waals surface area contributed by atoms with E-state index in [1.807, 2.05) is 17.9 Å². The van der Waals surface area contributed by atoms with Gasteiger partial charge in [0, 0.05) is 25.6 Å².